The van der Waals surface area contributed by atoms with Crippen LogP contribution in [0.2, 0.25) is 0 Å². The first-order valence-corrected chi connectivity index (χ1v) is 9.56. The Hall–Kier alpha value is -2.45. The first-order valence-electron chi connectivity index (χ1n) is 7.46. The van der Waals surface area contributed by atoms with Crippen LogP contribution in [0.25, 0.3) is 11.1 Å². The Labute approximate surface area is 140 Å². The lowest BCUT2D eigenvalue weighted by Gasteiger charge is -2.26. The number of carbonyl (C=O) groups excluding carboxylic acids is 1. The van der Waals surface area contributed by atoms with Crippen LogP contribution in [0, 0.1) is 0 Å². The van der Waals surface area contributed by atoms with E-state index in [2.05, 4.69) is 9.97 Å². The lowest BCUT2D eigenvalue weighted by atomic mass is 10.0. The zero-order valence-corrected chi connectivity index (χ0v) is 14.1. The second-order valence-corrected chi connectivity index (χ2v) is 8.06. The number of amides is 2. The molecule has 7 nitrogen and oxygen atoms in total. The molecule has 1 aliphatic heterocycles. The molecular formula is C16H19N5O2S. The third-order valence-corrected chi connectivity index (χ3v) is 4.50. The molecule has 24 heavy (non-hydrogen) atoms. The van der Waals surface area contributed by atoms with Crippen molar-refractivity contribution in [2.24, 2.45) is 10.9 Å². The van der Waals surface area contributed by atoms with Crippen molar-refractivity contribution in [2.45, 2.75) is 12.8 Å². The van der Waals surface area contributed by atoms with E-state index in [1.54, 1.807) is 18.6 Å². The number of nitrogens with two attached hydrogens (primary N) is 2. The number of rotatable bonds is 2. The van der Waals surface area contributed by atoms with Crippen LogP contribution in [0.3, 0.4) is 0 Å². The summed E-state index contributed by atoms with van der Waals surface area (Å²) in [5.74, 6) is 0.617. The summed E-state index contributed by atoms with van der Waals surface area (Å²) in [5, 5.41) is 7.08. The van der Waals surface area contributed by atoms with Crippen LogP contribution < -0.4 is 15.8 Å². The maximum atomic E-state index is 11.7. The SMILES string of the molecule is CS(N)(=O)=Cc1cncc(-c2cnc3c(c2)CCCN3C(N)=O)c1. The van der Waals surface area contributed by atoms with Crippen LogP contribution in [0.15, 0.2) is 30.7 Å². The Morgan fingerprint density at radius 3 is 2.75 bits per heavy atom. The van der Waals surface area contributed by atoms with Gasteiger partial charge in [-0.1, -0.05) is 0 Å². The number of aryl methyl sites for hydroxylation is 1. The van der Waals surface area contributed by atoms with Crippen molar-refractivity contribution >= 4 is 26.9 Å². The average Bonchev–Trinajstić information content (AvgIpc) is 2.52. The molecule has 0 radical (unpaired) electrons. The number of pyridine rings is 2. The molecule has 0 fully saturated rings. The van der Waals surface area contributed by atoms with Gasteiger partial charge < -0.3 is 5.73 Å². The van der Waals surface area contributed by atoms with E-state index in [1.165, 1.54) is 16.5 Å². The smallest absolute Gasteiger partial charge is 0.320 e. The maximum absolute atomic E-state index is 11.7. The highest BCUT2D eigenvalue weighted by Gasteiger charge is 2.22. The van der Waals surface area contributed by atoms with E-state index in [9.17, 15) is 9.00 Å². The van der Waals surface area contributed by atoms with Gasteiger partial charge in [0.2, 0.25) is 0 Å². The second-order valence-electron chi connectivity index (χ2n) is 5.89. The number of hydrogen-bond acceptors (Lipinski definition) is 4. The number of aromatic nitrogens is 2. The largest absolute Gasteiger partial charge is 0.351 e. The fourth-order valence-electron chi connectivity index (χ4n) is 2.79. The summed E-state index contributed by atoms with van der Waals surface area (Å²) in [5.41, 5.74) is 8.80. The number of hydrogen-bond donors (Lipinski definition) is 2. The highest BCUT2D eigenvalue weighted by Crippen LogP contribution is 2.29. The normalized spacial score (nSPS) is 16.2. The van der Waals surface area contributed by atoms with Crippen LogP contribution in [0.5, 0.6) is 0 Å². The fraction of sp³-hybridized carbons (Fsp3) is 0.250. The molecule has 4 N–H and O–H groups in total. The second kappa shape index (κ2) is 6.21. The molecule has 0 aliphatic carbocycles. The number of anilines is 1. The van der Waals surface area contributed by atoms with Gasteiger partial charge in [-0.15, -0.1) is 0 Å². The topological polar surface area (TPSA) is 115 Å². The highest BCUT2D eigenvalue weighted by atomic mass is 32.2. The molecule has 1 unspecified atom stereocenters. The van der Waals surface area contributed by atoms with Crippen molar-refractivity contribution in [3.63, 3.8) is 0 Å². The van der Waals surface area contributed by atoms with E-state index < -0.39 is 15.7 Å². The van der Waals surface area contributed by atoms with Gasteiger partial charge in [-0.05, 0) is 30.5 Å². The van der Waals surface area contributed by atoms with Gasteiger partial charge in [-0.25, -0.2) is 9.78 Å². The molecule has 2 aromatic rings. The Morgan fingerprint density at radius 1 is 1.29 bits per heavy atom. The van der Waals surface area contributed by atoms with E-state index in [4.69, 9.17) is 10.9 Å². The molecule has 126 valence electrons. The number of fused-ring (bicyclic) bond motifs is 1. The molecule has 8 heteroatoms. The summed E-state index contributed by atoms with van der Waals surface area (Å²) in [6, 6.07) is 3.36. The quantitative estimate of drug-likeness (QED) is 0.787. The minimum Gasteiger partial charge on any atom is -0.351 e. The minimum atomic E-state index is -2.50. The zero-order chi connectivity index (χ0) is 17.3. The van der Waals surface area contributed by atoms with Crippen LogP contribution >= 0.6 is 0 Å². The van der Waals surface area contributed by atoms with Crippen molar-refractivity contribution in [1.82, 2.24) is 9.97 Å². The summed E-state index contributed by atoms with van der Waals surface area (Å²) in [6.07, 6.45) is 8.16. The molecule has 0 aromatic carbocycles. The fourth-order valence-corrected chi connectivity index (χ4v) is 3.46. The van der Waals surface area contributed by atoms with E-state index in [0.29, 0.717) is 17.9 Å². The Bertz CT molecular complexity index is 910. The maximum Gasteiger partial charge on any atom is 0.320 e. The van der Waals surface area contributed by atoms with Gasteiger partial charge >= 0.3 is 6.03 Å². The summed E-state index contributed by atoms with van der Waals surface area (Å²) >= 11 is 0. The van der Waals surface area contributed by atoms with E-state index in [-0.39, 0.29) is 0 Å². The third kappa shape index (κ3) is 3.55. The van der Waals surface area contributed by atoms with Crippen LogP contribution in [-0.4, -0.2) is 38.4 Å². The summed E-state index contributed by atoms with van der Waals surface area (Å²) in [4.78, 5) is 21.6. The number of urea groups is 1. The monoisotopic (exact) mass is 345 g/mol. The van der Waals surface area contributed by atoms with E-state index in [0.717, 1.165) is 29.5 Å². The van der Waals surface area contributed by atoms with Gasteiger partial charge in [0.15, 0.2) is 0 Å². The Balaban J connectivity index is 2.01. The molecule has 0 saturated heterocycles. The molecule has 0 saturated carbocycles. The Kier molecular flexibility index (Phi) is 4.25. The van der Waals surface area contributed by atoms with Gasteiger partial charge in [0, 0.05) is 63.2 Å². The van der Waals surface area contributed by atoms with Crippen LogP contribution in [0.1, 0.15) is 17.5 Å². The molecule has 1 atom stereocenters. The molecule has 2 aromatic heterocycles. The number of carbonyl (C=O) groups is 1. The van der Waals surface area contributed by atoms with Crippen molar-refractivity contribution in [2.75, 3.05) is 17.7 Å². The predicted molar refractivity (Wildman–Crippen MR) is 96.1 cm³/mol. The lowest BCUT2D eigenvalue weighted by Crippen LogP contribution is -2.40. The van der Waals surface area contributed by atoms with Gasteiger partial charge in [0.05, 0.1) is 0 Å². The molecule has 0 bridgehead atoms. The summed E-state index contributed by atoms with van der Waals surface area (Å²) < 4.78 is 11.7. The first-order chi connectivity index (χ1) is 11.3. The molecule has 1 aliphatic rings. The molecule has 3 rings (SSSR count). The Morgan fingerprint density at radius 2 is 2.04 bits per heavy atom. The molecule has 3 heterocycles. The van der Waals surface area contributed by atoms with E-state index in [1.807, 2.05) is 12.1 Å². The van der Waals surface area contributed by atoms with Gasteiger partial charge in [-0.2, -0.15) is 0 Å². The zero-order valence-electron chi connectivity index (χ0n) is 13.3. The van der Waals surface area contributed by atoms with Crippen LogP contribution in [-0.2, 0) is 16.1 Å². The van der Waals surface area contributed by atoms with Crippen LogP contribution in [0.4, 0.5) is 10.6 Å². The molecule has 2 amide bonds. The lowest BCUT2D eigenvalue weighted by molar-refractivity contribution is 0.253. The van der Waals surface area contributed by atoms with Gasteiger partial charge in [0.1, 0.15) is 5.82 Å². The summed E-state index contributed by atoms with van der Waals surface area (Å²) in [6.45, 7) is 0.585. The van der Waals surface area contributed by atoms with Gasteiger partial charge in [-0.3, -0.25) is 19.2 Å². The molecule has 0 spiro atoms. The predicted octanol–water partition coefficient (Wildman–Crippen LogP) is 0.913. The number of primary amides is 1. The number of nitrogens with zero attached hydrogens (tertiary/aromatic N) is 3. The van der Waals surface area contributed by atoms with E-state index >= 15 is 0 Å². The van der Waals surface area contributed by atoms with Crippen molar-refractivity contribution in [3.8, 4) is 11.1 Å². The summed E-state index contributed by atoms with van der Waals surface area (Å²) in [7, 11) is -2.50. The van der Waals surface area contributed by atoms with Crippen molar-refractivity contribution < 1.29 is 9.00 Å². The van der Waals surface area contributed by atoms with Crippen molar-refractivity contribution in [3.05, 3.63) is 41.9 Å². The standard InChI is InChI=1S/C16H19N5O2S/c1-24(18,23)10-11-5-13(8-19-7-11)14-6-12-3-2-4-21(16(17)22)15(12)20-9-14/h5-10H,2-4H2,1H3,(H2,17,22)(H2,18,23). The average molecular weight is 345 g/mol. The third-order valence-electron chi connectivity index (χ3n) is 3.76. The highest BCUT2D eigenvalue weighted by molar-refractivity contribution is 7.98. The van der Waals surface area contributed by atoms with Crippen molar-refractivity contribution in [1.29, 1.82) is 0 Å². The minimum absolute atomic E-state index is 0.491. The first kappa shape index (κ1) is 16.4. The molecular weight excluding hydrogens is 326 g/mol. The van der Waals surface area contributed by atoms with Gasteiger partial charge in [0.25, 0.3) is 0 Å².